The summed E-state index contributed by atoms with van der Waals surface area (Å²) in [5.74, 6) is -0.260. The summed E-state index contributed by atoms with van der Waals surface area (Å²) in [7, 11) is 1.55. The molecule has 3 rings (SSSR count). The smallest absolute Gasteiger partial charge is 0.338 e. The summed E-state index contributed by atoms with van der Waals surface area (Å²) >= 11 is 0. The maximum Gasteiger partial charge on any atom is 0.338 e. The Kier molecular flexibility index (Phi) is 5.28. The Morgan fingerprint density at radius 2 is 1.88 bits per heavy atom. The van der Waals surface area contributed by atoms with E-state index in [4.69, 9.17) is 9.47 Å². The lowest BCUT2D eigenvalue weighted by Crippen LogP contribution is -2.09. The fourth-order valence-electron chi connectivity index (χ4n) is 3.33. The van der Waals surface area contributed by atoms with E-state index in [1.807, 2.05) is 56.3 Å². The molecule has 5 heteroatoms. The predicted octanol–water partition coefficient (Wildman–Crippen LogP) is 4.49. The Bertz CT molecular complexity index is 913. The molecule has 0 radical (unpaired) electrons. The van der Waals surface area contributed by atoms with Crippen molar-refractivity contribution < 1.29 is 19.4 Å². The molecular weight excluding hydrogens is 330 g/mol. The highest BCUT2D eigenvalue weighted by atomic mass is 16.7. The minimum atomic E-state index is -0.922. The van der Waals surface area contributed by atoms with Gasteiger partial charge in [-0.3, -0.25) is 0 Å². The van der Waals surface area contributed by atoms with E-state index in [9.17, 15) is 9.90 Å². The van der Waals surface area contributed by atoms with E-state index in [2.05, 4.69) is 4.57 Å². The van der Waals surface area contributed by atoms with E-state index < -0.39 is 5.97 Å². The van der Waals surface area contributed by atoms with Crippen molar-refractivity contribution in [2.75, 3.05) is 13.9 Å². The molecule has 0 unspecified atom stereocenters. The molecule has 0 bridgehead atoms. The van der Waals surface area contributed by atoms with Crippen LogP contribution < -0.4 is 4.74 Å². The van der Waals surface area contributed by atoms with Crippen LogP contribution in [0.4, 0.5) is 0 Å². The van der Waals surface area contributed by atoms with Gasteiger partial charge in [-0.2, -0.15) is 0 Å². The number of ether oxygens (including phenoxy) is 2. The van der Waals surface area contributed by atoms with Crippen molar-refractivity contribution in [1.82, 2.24) is 4.57 Å². The summed E-state index contributed by atoms with van der Waals surface area (Å²) < 4.78 is 12.5. The molecule has 0 aliphatic rings. The zero-order valence-corrected chi connectivity index (χ0v) is 15.2. The third-order valence-electron chi connectivity index (χ3n) is 4.36. The van der Waals surface area contributed by atoms with Crippen LogP contribution in [-0.2, 0) is 11.3 Å². The lowest BCUT2D eigenvalue weighted by atomic mass is 10.0. The molecule has 0 spiro atoms. The number of hydrogen-bond acceptors (Lipinski definition) is 3. The van der Waals surface area contributed by atoms with Gasteiger partial charge in [0.2, 0.25) is 0 Å². The first kappa shape index (κ1) is 18.0. The zero-order valence-electron chi connectivity index (χ0n) is 15.2. The minimum Gasteiger partial charge on any atom is -0.478 e. The van der Waals surface area contributed by atoms with Gasteiger partial charge in [-0.05, 0) is 29.7 Å². The van der Waals surface area contributed by atoms with Crippen molar-refractivity contribution in [3.8, 4) is 5.75 Å². The molecule has 5 nitrogen and oxygen atoms in total. The number of aromatic carboxylic acids is 1. The molecule has 0 saturated heterocycles. The summed E-state index contributed by atoms with van der Waals surface area (Å²) in [4.78, 5) is 12.1. The van der Waals surface area contributed by atoms with Gasteiger partial charge in [0.25, 0.3) is 0 Å². The van der Waals surface area contributed by atoms with Crippen LogP contribution in [0.5, 0.6) is 5.75 Å². The number of hydrogen-bond donors (Lipinski definition) is 1. The summed E-state index contributed by atoms with van der Waals surface area (Å²) in [6, 6.07) is 15.6. The normalized spacial score (nSPS) is 11.2. The summed E-state index contributed by atoms with van der Waals surface area (Å²) in [6.07, 6.45) is 0. The average molecular weight is 353 g/mol. The van der Waals surface area contributed by atoms with Gasteiger partial charge >= 0.3 is 5.97 Å². The highest BCUT2D eigenvalue weighted by molar-refractivity contribution is 6.05. The monoisotopic (exact) mass is 353 g/mol. The lowest BCUT2D eigenvalue weighted by Gasteiger charge is -2.14. The van der Waals surface area contributed by atoms with E-state index in [0.29, 0.717) is 23.2 Å². The molecule has 1 N–H and O–H groups in total. The molecular formula is C21H23NO4. The summed E-state index contributed by atoms with van der Waals surface area (Å²) in [5, 5.41) is 10.6. The van der Waals surface area contributed by atoms with Crippen LogP contribution in [0.15, 0.2) is 48.5 Å². The number of carbonyl (C=O) groups is 1. The maximum atomic E-state index is 12.1. The minimum absolute atomic E-state index is 0.0700. The van der Waals surface area contributed by atoms with Crippen LogP contribution in [0, 0.1) is 0 Å². The first-order valence-corrected chi connectivity index (χ1v) is 8.58. The number of methoxy groups -OCH3 is 1. The second kappa shape index (κ2) is 7.62. The van der Waals surface area contributed by atoms with Crippen molar-refractivity contribution >= 4 is 16.9 Å². The fourth-order valence-corrected chi connectivity index (χ4v) is 3.33. The van der Waals surface area contributed by atoms with Crippen molar-refractivity contribution in [1.29, 1.82) is 0 Å². The Labute approximate surface area is 152 Å². The number of rotatable bonds is 7. The van der Waals surface area contributed by atoms with Gasteiger partial charge < -0.3 is 19.1 Å². The molecule has 3 aromatic rings. The second-order valence-electron chi connectivity index (χ2n) is 6.52. The number of fused-ring (bicyclic) bond motifs is 1. The Morgan fingerprint density at radius 1 is 1.15 bits per heavy atom. The van der Waals surface area contributed by atoms with Crippen LogP contribution in [0.3, 0.4) is 0 Å². The van der Waals surface area contributed by atoms with Crippen molar-refractivity contribution in [3.05, 3.63) is 65.4 Å². The van der Waals surface area contributed by atoms with Gasteiger partial charge in [0, 0.05) is 30.3 Å². The van der Waals surface area contributed by atoms with Gasteiger partial charge in [0.05, 0.1) is 5.56 Å². The molecule has 136 valence electrons. The first-order chi connectivity index (χ1) is 12.5. The standard InChI is InChI=1S/C21H23NO4/c1-14(2)20-19(21(23)24)17-11-16(26-13-25-3)9-10-18(17)22(20)12-15-7-5-4-6-8-15/h4-11,14H,12-13H2,1-3H3,(H,23,24). The second-order valence-corrected chi connectivity index (χ2v) is 6.52. The summed E-state index contributed by atoms with van der Waals surface area (Å²) in [5.41, 5.74) is 3.18. The zero-order chi connectivity index (χ0) is 18.7. The molecule has 0 saturated carbocycles. The van der Waals surface area contributed by atoms with Crippen molar-refractivity contribution in [2.24, 2.45) is 0 Å². The van der Waals surface area contributed by atoms with Crippen LogP contribution in [0.2, 0.25) is 0 Å². The topological polar surface area (TPSA) is 60.7 Å². The third kappa shape index (κ3) is 3.44. The van der Waals surface area contributed by atoms with Gasteiger partial charge in [0.1, 0.15) is 5.75 Å². The van der Waals surface area contributed by atoms with E-state index in [1.165, 1.54) is 0 Å². The molecule has 2 aromatic carbocycles. The van der Waals surface area contributed by atoms with Gasteiger partial charge in [0.15, 0.2) is 6.79 Å². The van der Waals surface area contributed by atoms with Crippen molar-refractivity contribution in [3.63, 3.8) is 0 Å². The Balaban J connectivity index is 2.21. The molecule has 0 atom stereocenters. The SMILES string of the molecule is COCOc1ccc2c(c1)c(C(=O)O)c(C(C)C)n2Cc1ccccc1. The van der Waals surface area contributed by atoms with E-state index in [1.54, 1.807) is 13.2 Å². The van der Waals surface area contributed by atoms with Crippen LogP contribution in [0.1, 0.15) is 41.4 Å². The average Bonchev–Trinajstić information content (AvgIpc) is 2.95. The molecule has 0 fully saturated rings. The van der Waals surface area contributed by atoms with Gasteiger partial charge in [-0.25, -0.2) is 4.79 Å². The lowest BCUT2D eigenvalue weighted by molar-refractivity contribution is 0.0512. The summed E-state index contributed by atoms with van der Waals surface area (Å²) in [6.45, 7) is 4.78. The molecule has 0 aliphatic heterocycles. The van der Waals surface area contributed by atoms with Gasteiger partial charge in [-0.15, -0.1) is 0 Å². The molecule has 0 amide bonds. The van der Waals surface area contributed by atoms with E-state index in [0.717, 1.165) is 16.8 Å². The number of carboxylic acids is 1. The third-order valence-corrected chi connectivity index (χ3v) is 4.36. The number of benzene rings is 2. The predicted molar refractivity (Wildman–Crippen MR) is 101 cm³/mol. The largest absolute Gasteiger partial charge is 0.478 e. The molecule has 26 heavy (non-hydrogen) atoms. The number of aromatic nitrogens is 1. The van der Waals surface area contributed by atoms with Crippen LogP contribution in [-0.4, -0.2) is 29.5 Å². The van der Waals surface area contributed by atoms with Gasteiger partial charge in [-0.1, -0.05) is 44.2 Å². The molecule has 1 heterocycles. The first-order valence-electron chi connectivity index (χ1n) is 8.58. The number of carboxylic acid groups (broad SMARTS) is 1. The molecule has 1 aromatic heterocycles. The van der Waals surface area contributed by atoms with Crippen LogP contribution in [0.25, 0.3) is 10.9 Å². The fraction of sp³-hybridized carbons (Fsp3) is 0.286. The van der Waals surface area contributed by atoms with Crippen molar-refractivity contribution in [2.45, 2.75) is 26.3 Å². The Morgan fingerprint density at radius 3 is 2.50 bits per heavy atom. The molecule has 0 aliphatic carbocycles. The highest BCUT2D eigenvalue weighted by Gasteiger charge is 2.24. The Hall–Kier alpha value is -2.79. The van der Waals surface area contributed by atoms with E-state index in [-0.39, 0.29) is 12.7 Å². The quantitative estimate of drug-likeness (QED) is 0.636. The van der Waals surface area contributed by atoms with E-state index >= 15 is 0 Å². The van der Waals surface area contributed by atoms with Crippen LogP contribution >= 0.6 is 0 Å². The highest BCUT2D eigenvalue weighted by Crippen LogP contribution is 2.34. The number of nitrogens with zero attached hydrogens (tertiary/aromatic N) is 1. The maximum absolute atomic E-state index is 12.1.